The number of aliphatic imine (C=N–C) groups is 1. The first-order chi connectivity index (χ1) is 17.9. The Kier molecular flexibility index (Phi) is 6.56. The van der Waals surface area contributed by atoms with Crippen LogP contribution in [0.15, 0.2) is 53.5 Å². The highest BCUT2D eigenvalue weighted by Crippen LogP contribution is 2.44. The molecule has 37 heavy (non-hydrogen) atoms. The van der Waals surface area contributed by atoms with Gasteiger partial charge < -0.3 is 9.80 Å². The number of hydrogen-bond acceptors (Lipinski definition) is 3. The van der Waals surface area contributed by atoms with E-state index in [1.165, 1.54) is 42.5 Å². The maximum Gasteiger partial charge on any atom is 0.350 e. The largest absolute Gasteiger partial charge is 0.355 e. The molecule has 5 nitrogen and oxygen atoms in total. The van der Waals surface area contributed by atoms with E-state index in [-0.39, 0.29) is 11.8 Å². The lowest BCUT2D eigenvalue weighted by atomic mass is 9.78. The maximum absolute atomic E-state index is 14.4. The van der Waals surface area contributed by atoms with E-state index in [0.29, 0.717) is 17.8 Å². The van der Waals surface area contributed by atoms with Crippen molar-refractivity contribution in [3.05, 3.63) is 65.5 Å². The smallest absolute Gasteiger partial charge is 0.350 e. The third kappa shape index (κ3) is 4.47. The van der Waals surface area contributed by atoms with E-state index in [4.69, 9.17) is 4.99 Å². The monoisotopic (exact) mass is 502 g/mol. The van der Waals surface area contributed by atoms with Gasteiger partial charge in [0.1, 0.15) is 17.2 Å². The van der Waals surface area contributed by atoms with E-state index in [0.717, 1.165) is 63.5 Å². The number of aryl methyl sites for hydroxylation is 1. The number of hydrogen-bond donors (Lipinski definition) is 0. The first kappa shape index (κ1) is 24.6. The molecule has 1 spiro atoms. The summed E-state index contributed by atoms with van der Waals surface area (Å²) in [4.78, 5) is 25.3. The topological polar surface area (TPSA) is 39.2 Å². The number of carbonyl (C=O) groups is 1. The van der Waals surface area contributed by atoms with Gasteiger partial charge >= 0.3 is 6.03 Å². The number of piperidine rings is 1. The summed E-state index contributed by atoms with van der Waals surface area (Å²) < 4.78 is 14.4. The van der Waals surface area contributed by atoms with Gasteiger partial charge in [-0.2, -0.15) is 4.99 Å². The minimum absolute atomic E-state index is 0.248. The molecule has 3 aliphatic heterocycles. The van der Waals surface area contributed by atoms with Crippen LogP contribution in [0.3, 0.4) is 0 Å². The second-order valence-electron chi connectivity index (χ2n) is 11.8. The Hall–Kier alpha value is -2.73. The van der Waals surface area contributed by atoms with Crippen molar-refractivity contribution in [3.8, 4) is 0 Å². The lowest BCUT2D eigenvalue weighted by Crippen LogP contribution is -2.64. The van der Waals surface area contributed by atoms with Crippen LogP contribution < -0.4 is 4.90 Å². The number of rotatable bonds is 5. The standard InChI is InChI=1S/C31H39FN4O/c1-22-8-3-4-11-25(22)18-27-14-7-16-35(27)29-31(15-17-34(23(2)20-31)21-24-9-5-10-24)36(30(37)33-29)28-13-6-12-26(32)19-28/h3-4,6,8,11-13,19,23-24,27H,5,7,9-10,14-18,20-21H2,1-2H3. The number of amidine groups is 1. The van der Waals surface area contributed by atoms with Crippen LogP contribution in [-0.4, -0.2) is 58.9 Å². The van der Waals surface area contributed by atoms with Gasteiger partial charge in [-0.15, -0.1) is 0 Å². The molecule has 0 bridgehead atoms. The summed E-state index contributed by atoms with van der Waals surface area (Å²) >= 11 is 0. The van der Waals surface area contributed by atoms with Crippen LogP contribution in [0.2, 0.25) is 0 Å². The zero-order chi connectivity index (χ0) is 25.6. The number of amides is 2. The zero-order valence-electron chi connectivity index (χ0n) is 22.2. The minimum Gasteiger partial charge on any atom is -0.355 e. The molecule has 0 N–H and O–H groups in total. The lowest BCUT2D eigenvalue weighted by Gasteiger charge is -2.51. The molecule has 1 aliphatic carbocycles. The number of carbonyl (C=O) groups excluding carboxylic acids is 1. The molecular formula is C31H39FN4O. The fraction of sp³-hybridized carbons (Fsp3) is 0.548. The van der Waals surface area contributed by atoms with Crippen LogP contribution in [0, 0.1) is 18.7 Å². The molecule has 2 saturated heterocycles. The molecule has 3 heterocycles. The Morgan fingerprint density at radius 2 is 1.89 bits per heavy atom. The highest BCUT2D eigenvalue weighted by atomic mass is 19.1. The van der Waals surface area contributed by atoms with E-state index in [1.54, 1.807) is 6.07 Å². The first-order valence-electron chi connectivity index (χ1n) is 14.2. The van der Waals surface area contributed by atoms with Gasteiger partial charge in [0.15, 0.2) is 0 Å². The number of anilines is 1. The summed E-state index contributed by atoms with van der Waals surface area (Å²) in [5.41, 5.74) is 2.77. The highest BCUT2D eigenvalue weighted by Gasteiger charge is 2.56. The van der Waals surface area contributed by atoms with Crippen molar-refractivity contribution in [2.24, 2.45) is 10.9 Å². The summed E-state index contributed by atoms with van der Waals surface area (Å²) in [6.45, 7) is 7.49. The third-order valence-corrected chi connectivity index (χ3v) is 9.46. The predicted molar refractivity (Wildman–Crippen MR) is 147 cm³/mol. The van der Waals surface area contributed by atoms with Crippen molar-refractivity contribution in [3.63, 3.8) is 0 Å². The fourth-order valence-electron chi connectivity index (χ4n) is 7.21. The molecule has 3 unspecified atom stereocenters. The van der Waals surface area contributed by atoms with E-state index < -0.39 is 5.54 Å². The van der Waals surface area contributed by atoms with Crippen LogP contribution in [0.4, 0.5) is 14.9 Å². The molecule has 2 aromatic carbocycles. The van der Waals surface area contributed by atoms with Crippen LogP contribution in [0.5, 0.6) is 0 Å². The maximum atomic E-state index is 14.4. The molecule has 6 rings (SSSR count). The third-order valence-electron chi connectivity index (χ3n) is 9.46. The predicted octanol–water partition coefficient (Wildman–Crippen LogP) is 6.20. The number of nitrogens with zero attached hydrogens (tertiary/aromatic N) is 4. The zero-order valence-corrected chi connectivity index (χ0v) is 22.2. The molecular weight excluding hydrogens is 463 g/mol. The average molecular weight is 503 g/mol. The molecule has 3 atom stereocenters. The highest BCUT2D eigenvalue weighted by molar-refractivity contribution is 6.16. The van der Waals surface area contributed by atoms with Crippen LogP contribution >= 0.6 is 0 Å². The molecule has 2 aromatic rings. The molecule has 1 saturated carbocycles. The first-order valence-corrected chi connectivity index (χ1v) is 14.2. The van der Waals surface area contributed by atoms with Crippen molar-refractivity contribution in [2.75, 3.05) is 24.5 Å². The van der Waals surface area contributed by atoms with E-state index in [1.807, 2.05) is 11.0 Å². The van der Waals surface area contributed by atoms with Gasteiger partial charge in [-0.1, -0.05) is 36.8 Å². The van der Waals surface area contributed by atoms with Gasteiger partial charge in [-0.25, -0.2) is 9.18 Å². The van der Waals surface area contributed by atoms with Gasteiger partial charge in [-0.05, 0) is 94.0 Å². The number of urea groups is 1. The second kappa shape index (κ2) is 9.86. The van der Waals surface area contributed by atoms with Gasteiger partial charge in [0, 0.05) is 37.4 Å². The van der Waals surface area contributed by atoms with Crippen molar-refractivity contribution >= 4 is 17.6 Å². The summed E-state index contributed by atoms with van der Waals surface area (Å²) in [5, 5.41) is 0. The van der Waals surface area contributed by atoms with Gasteiger partial charge in [0.2, 0.25) is 0 Å². The Balaban J connectivity index is 1.34. The number of likely N-dealkylation sites (tertiary alicyclic amines) is 2. The SMILES string of the molecule is Cc1ccccc1CC1CCCN1C1=NC(=O)N(c2cccc(F)c2)C12CCN(CC1CCC1)C(C)C2. The Morgan fingerprint density at radius 1 is 1.05 bits per heavy atom. The van der Waals surface area contributed by atoms with Gasteiger partial charge in [0.05, 0.1) is 0 Å². The lowest BCUT2D eigenvalue weighted by molar-refractivity contribution is 0.0875. The second-order valence-corrected chi connectivity index (χ2v) is 11.8. The van der Waals surface area contributed by atoms with Crippen molar-refractivity contribution < 1.29 is 9.18 Å². The summed E-state index contributed by atoms with van der Waals surface area (Å²) in [6.07, 6.45) is 8.84. The quantitative estimate of drug-likeness (QED) is 0.488. The van der Waals surface area contributed by atoms with Gasteiger partial charge in [-0.3, -0.25) is 4.90 Å². The normalized spacial score (nSPS) is 28.7. The van der Waals surface area contributed by atoms with E-state index in [9.17, 15) is 9.18 Å². The van der Waals surface area contributed by atoms with Crippen LogP contribution in [-0.2, 0) is 6.42 Å². The summed E-state index contributed by atoms with van der Waals surface area (Å²) in [7, 11) is 0. The number of halogens is 1. The molecule has 2 amide bonds. The van der Waals surface area contributed by atoms with Crippen molar-refractivity contribution in [2.45, 2.75) is 82.8 Å². The molecule has 196 valence electrons. The molecule has 6 heteroatoms. The Labute approximate surface area is 220 Å². The Morgan fingerprint density at radius 3 is 2.62 bits per heavy atom. The molecule has 4 aliphatic rings. The fourth-order valence-corrected chi connectivity index (χ4v) is 7.21. The van der Waals surface area contributed by atoms with Crippen LogP contribution in [0.25, 0.3) is 0 Å². The van der Waals surface area contributed by atoms with Crippen molar-refractivity contribution in [1.82, 2.24) is 9.80 Å². The van der Waals surface area contributed by atoms with Crippen LogP contribution in [0.1, 0.15) is 63.0 Å². The van der Waals surface area contributed by atoms with E-state index in [2.05, 4.69) is 47.9 Å². The Bertz CT molecular complexity index is 1190. The number of benzene rings is 2. The van der Waals surface area contributed by atoms with E-state index >= 15 is 0 Å². The van der Waals surface area contributed by atoms with Crippen molar-refractivity contribution in [1.29, 1.82) is 0 Å². The summed E-state index contributed by atoms with van der Waals surface area (Å²) in [6, 6.07) is 15.5. The minimum atomic E-state index is -0.533. The molecule has 0 radical (unpaired) electrons. The van der Waals surface area contributed by atoms with Gasteiger partial charge in [0.25, 0.3) is 0 Å². The average Bonchev–Trinajstić information content (AvgIpc) is 3.40. The molecule has 3 fully saturated rings. The summed E-state index contributed by atoms with van der Waals surface area (Å²) in [5.74, 6) is 1.42. The molecule has 0 aromatic heterocycles.